The van der Waals surface area contributed by atoms with Crippen molar-refractivity contribution in [2.24, 2.45) is 10.2 Å². The first-order valence-electron chi connectivity index (χ1n) is 5.73. The third kappa shape index (κ3) is 7.96. The average molecular weight is 372 g/mol. The van der Waals surface area contributed by atoms with Gasteiger partial charge in [-0.25, -0.2) is 0 Å². The monoisotopic (exact) mass is 371 g/mol. The van der Waals surface area contributed by atoms with E-state index in [4.69, 9.17) is 0 Å². The molecule has 0 heterocycles. The van der Waals surface area contributed by atoms with Gasteiger partial charge in [0.1, 0.15) is 0 Å². The van der Waals surface area contributed by atoms with Gasteiger partial charge in [0.15, 0.2) is 34.7 Å². The van der Waals surface area contributed by atoms with Crippen molar-refractivity contribution in [1.29, 1.82) is 0 Å². The van der Waals surface area contributed by atoms with E-state index in [0.717, 1.165) is 5.56 Å². The predicted octanol–water partition coefficient (Wildman–Crippen LogP) is 0.293. The molecule has 1 rings (SSSR count). The quantitative estimate of drug-likeness (QED) is 0.199. The van der Waals surface area contributed by atoms with Gasteiger partial charge in [0.25, 0.3) is 0 Å². The van der Waals surface area contributed by atoms with Gasteiger partial charge in [0.05, 0.1) is 5.71 Å². The standard InChI is InChI=1S/C12H16N6S2.Cu/c1-13-11(19)17-15-8-10(16-18-12(20)14-2)9-6-4-3-5-7-9;/h3-8H,1-2H3,(H4,13,14,15,16,17,18,19,20);. The summed E-state index contributed by atoms with van der Waals surface area (Å²) in [5.74, 6) is 0. The Morgan fingerprint density at radius 3 is 2.19 bits per heavy atom. The van der Waals surface area contributed by atoms with Gasteiger partial charge in [0.2, 0.25) is 0 Å². The molecule has 0 aliphatic carbocycles. The zero-order valence-corrected chi connectivity index (χ0v) is 14.2. The summed E-state index contributed by atoms with van der Waals surface area (Å²) in [5.41, 5.74) is 9.19. The Bertz CT molecular complexity index is 518. The molecule has 117 valence electrons. The van der Waals surface area contributed by atoms with Gasteiger partial charge < -0.3 is 21.1 Å². The number of nitrogens with one attached hydrogen (secondary N) is 2. The van der Waals surface area contributed by atoms with Crippen molar-refractivity contribution in [2.45, 2.75) is 0 Å². The van der Waals surface area contributed by atoms with E-state index in [1.54, 1.807) is 14.1 Å². The molecule has 0 atom stereocenters. The molecular formula is C12H16CuN6S2. The minimum atomic E-state index is 0. The number of benzene rings is 1. The van der Waals surface area contributed by atoms with Gasteiger partial charge in [-0.1, -0.05) is 30.3 Å². The Balaban J connectivity index is 0.00000400. The first-order valence-corrected chi connectivity index (χ1v) is 6.62. The fourth-order valence-corrected chi connectivity index (χ4v) is 1.20. The summed E-state index contributed by atoms with van der Waals surface area (Å²) < 4.78 is 0. The number of thiol groups is 2. The van der Waals surface area contributed by atoms with Crippen LogP contribution in [0.5, 0.6) is 0 Å². The van der Waals surface area contributed by atoms with E-state index in [1.165, 1.54) is 6.21 Å². The van der Waals surface area contributed by atoms with Crippen LogP contribution in [0.4, 0.5) is 0 Å². The summed E-state index contributed by atoms with van der Waals surface area (Å²) >= 11 is 8.15. The van der Waals surface area contributed by atoms with Gasteiger partial charge in [-0.15, -0.1) is 0 Å². The molecule has 0 unspecified atom stereocenters. The molecule has 0 aliphatic rings. The minimum Gasteiger partial charge on any atom is -0.515 e. The normalized spacial score (nSPS) is 10.9. The fourth-order valence-electron chi connectivity index (χ4n) is 1.11. The van der Waals surface area contributed by atoms with Gasteiger partial charge in [-0.3, -0.25) is 10.6 Å². The molecule has 0 fully saturated rings. The van der Waals surface area contributed by atoms with Crippen molar-refractivity contribution in [2.75, 3.05) is 14.1 Å². The number of rotatable bonds is 4. The first kappa shape index (κ1) is 19.8. The van der Waals surface area contributed by atoms with E-state index in [-0.39, 0.29) is 17.1 Å². The van der Waals surface area contributed by atoms with Gasteiger partial charge in [0, 0.05) is 23.3 Å². The molecule has 21 heavy (non-hydrogen) atoms. The third-order valence-corrected chi connectivity index (χ3v) is 2.73. The Morgan fingerprint density at radius 1 is 1.05 bits per heavy atom. The van der Waals surface area contributed by atoms with Crippen molar-refractivity contribution in [1.82, 2.24) is 10.6 Å². The second kappa shape index (κ2) is 11.4. The average Bonchev–Trinajstić information content (AvgIpc) is 2.50. The Kier molecular flexibility index (Phi) is 10.8. The molecule has 1 aromatic carbocycles. The molecule has 9 heteroatoms. The van der Waals surface area contributed by atoms with Crippen LogP contribution in [0.25, 0.3) is 10.9 Å². The zero-order valence-electron chi connectivity index (χ0n) is 11.4. The van der Waals surface area contributed by atoms with E-state index in [2.05, 4.69) is 56.1 Å². The van der Waals surface area contributed by atoms with E-state index in [0.29, 0.717) is 15.9 Å². The smallest absolute Gasteiger partial charge is 0.186 e. The Morgan fingerprint density at radius 2 is 1.62 bits per heavy atom. The molecule has 0 aromatic heterocycles. The van der Waals surface area contributed by atoms with Crippen LogP contribution < -0.4 is 10.6 Å². The Hall–Kier alpha value is -1.22. The maximum absolute atomic E-state index is 4.09. The molecule has 1 radical (unpaired) electrons. The summed E-state index contributed by atoms with van der Waals surface area (Å²) in [6, 6.07) is 9.54. The predicted molar refractivity (Wildman–Crippen MR) is 93.8 cm³/mol. The molecule has 0 spiro atoms. The summed E-state index contributed by atoms with van der Waals surface area (Å²) in [5, 5.41) is 14.3. The topological polar surface area (TPSA) is 77.0 Å². The molecule has 0 saturated carbocycles. The molecule has 2 N–H and O–H groups in total. The third-order valence-electron chi connectivity index (χ3n) is 2.10. The number of nitrogens with zero attached hydrogens (tertiary/aromatic N) is 4. The van der Waals surface area contributed by atoms with Crippen molar-refractivity contribution < 1.29 is 17.1 Å². The molecule has 0 amide bonds. The maximum atomic E-state index is 4.09. The summed E-state index contributed by atoms with van der Waals surface area (Å²) in [6.45, 7) is 0. The number of hydrogen-bond acceptors (Lipinski definition) is 2. The van der Waals surface area contributed by atoms with Crippen LogP contribution >= 0.6 is 0 Å². The van der Waals surface area contributed by atoms with Gasteiger partial charge >= 0.3 is 0 Å². The Labute approximate surface area is 145 Å². The van der Waals surface area contributed by atoms with E-state index in [1.807, 2.05) is 30.3 Å². The van der Waals surface area contributed by atoms with Crippen LogP contribution in [0.15, 0.2) is 40.5 Å². The van der Waals surface area contributed by atoms with Crippen molar-refractivity contribution in [3.05, 3.63) is 46.7 Å². The zero-order chi connectivity index (χ0) is 14.8. The fraction of sp³-hybridized carbons (Fsp3) is 0.167. The van der Waals surface area contributed by atoms with Crippen LogP contribution in [0, 0.1) is 0 Å². The number of hydrogen-bond donors (Lipinski definition) is 2. The van der Waals surface area contributed by atoms with E-state index in [9.17, 15) is 0 Å². The minimum absolute atomic E-state index is 0. The molecule has 1 aromatic rings. The van der Waals surface area contributed by atoms with Crippen molar-refractivity contribution >= 4 is 46.6 Å². The van der Waals surface area contributed by atoms with Crippen LogP contribution in [-0.2, 0) is 41.5 Å². The maximum Gasteiger partial charge on any atom is 0.186 e. The molecule has 0 aliphatic heterocycles. The largest absolute Gasteiger partial charge is 0.515 e. The van der Waals surface area contributed by atoms with E-state index < -0.39 is 0 Å². The van der Waals surface area contributed by atoms with E-state index >= 15 is 0 Å². The van der Waals surface area contributed by atoms with Crippen LogP contribution in [-0.4, -0.2) is 36.2 Å². The van der Waals surface area contributed by atoms with Crippen LogP contribution in [0.3, 0.4) is 0 Å². The second-order valence-electron chi connectivity index (χ2n) is 3.44. The molecule has 0 bridgehead atoms. The molecule has 6 nitrogen and oxygen atoms in total. The second-order valence-corrected chi connectivity index (χ2v) is 4.29. The van der Waals surface area contributed by atoms with Crippen molar-refractivity contribution in [3.8, 4) is 0 Å². The van der Waals surface area contributed by atoms with Gasteiger partial charge in [-0.2, -0.15) is 0 Å². The summed E-state index contributed by atoms with van der Waals surface area (Å²) in [7, 11) is 3.42. The SMILES string of the molecule is CNC(=[SH+])[N-]N=CC(=N[N-]C(=[SH+])NC)c1ccccc1.[Cu]. The van der Waals surface area contributed by atoms with Crippen molar-refractivity contribution in [3.63, 3.8) is 0 Å². The molecule has 0 saturated heterocycles. The molecular weight excluding hydrogens is 356 g/mol. The van der Waals surface area contributed by atoms with Crippen LogP contribution in [0.2, 0.25) is 0 Å². The first-order chi connectivity index (χ1) is 9.67. The van der Waals surface area contributed by atoms with Crippen LogP contribution in [0.1, 0.15) is 5.56 Å². The summed E-state index contributed by atoms with van der Waals surface area (Å²) in [6.07, 6.45) is 1.50. The summed E-state index contributed by atoms with van der Waals surface area (Å²) in [4.78, 5) is 0. The van der Waals surface area contributed by atoms with Gasteiger partial charge in [-0.05, 0) is 19.7 Å².